The van der Waals surface area contributed by atoms with E-state index in [4.69, 9.17) is 4.74 Å². The Morgan fingerprint density at radius 3 is 2.45 bits per heavy atom. The number of hydrogen-bond acceptors (Lipinski definition) is 6. The molecule has 1 aliphatic rings. The van der Waals surface area contributed by atoms with Crippen molar-refractivity contribution >= 4 is 17.4 Å². The first-order chi connectivity index (χ1) is 14.9. The first-order valence-electron chi connectivity index (χ1n) is 10.5. The molecular formula is C24H29N3O4. The quantitative estimate of drug-likeness (QED) is 0.399. The van der Waals surface area contributed by atoms with Crippen molar-refractivity contribution in [2.45, 2.75) is 26.8 Å². The van der Waals surface area contributed by atoms with E-state index in [-0.39, 0.29) is 11.3 Å². The van der Waals surface area contributed by atoms with Gasteiger partial charge in [-0.3, -0.25) is 14.6 Å². The van der Waals surface area contributed by atoms with E-state index in [9.17, 15) is 14.7 Å². The van der Waals surface area contributed by atoms with Gasteiger partial charge in [0, 0.05) is 25.5 Å². The molecule has 1 saturated heterocycles. The van der Waals surface area contributed by atoms with Crippen LogP contribution in [0.5, 0.6) is 5.75 Å². The van der Waals surface area contributed by atoms with Gasteiger partial charge in [0.2, 0.25) is 0 Å². The number of carbonyl (C=O) groups is 2. The second kappa shape index (κ2) is 9.75. The molecule has 1 unspecified atom stereocenters. The summed E-state index contributed by atoms with van der Waals surface area (Å²) in [4.78, 5) is 33.9. The van der Waals surface area contributed by atoms with Gasteiger partial charge in [-0.1, -0.05) is 25.5 Å². The Kier molecular flexibility index (Phi) is 7.07. The third-order valence-corrected chi connectivity index (χ3v) is 5.72. The molecule has 7 nitrogen and oxygen atoms in total. The van der Waals surface area contributed by atoms with Gasteiger partial charge in [-0.15, -0.1) is 0 Å². The minimum Gasteiger partial charge on any atom is -0.507 e. The Labute approximate surface area is 183 Å². The lowest BCUT2D eigenvalue weighted by molar-refractivity contribution is -0.140. The van der Waals surface area contributed by atoms with Crippen molar-refractivity contribution in [3.8, 4) is 5.75 Å². The number of aliphatic hydroxyl groups is 1. The Bertz CT molecular complexity index is 984. The lowest BCUT2D eigenvalue weighted by Crippen LogP contribution is -2.38. The Morgan fingerprint density at radius 2 is 1.84 bits per heavy atom. The number of carbonyl (C=O) groups excluding carboxylic acids is 2. The molecule has 1 aromatic heterocycles. The van der Waals surface area contributed by atoms with Gasteiger partial charge in [0.05, 0.1) is 24.3 Å². The Hall–Kier alpha value is -3.19. The molecule has 0 aliphatic carbocycles. The monoisotopic (exact) mass is 423 g/mol. The van der Waals surface area contributed by atoms with Crippen molar-refractivity contribution in [2.24, 2.45) is 0 Å². The topological polar surface area (TPSA) is 83.0 Å². The number of likely N-dealkylation sites (N-methyl/N-ethyl adjacent to an activating group) is 1. The van der Waals surface area contributed by atoms with E-state index >= 15 is 0 Å². The van der Waals surface area contributed by atoms with Crippen molar-refractivity contribution in [1.29, 1.82) is 0 Å². The van der Waals surface area contributed by atoms with E-state index in [2.05, 4.69) is 23.7 Å². The molecule has 1 N–H and O–H groups in total. The average Bonchev–Trinajstić information content (AvgIpc) is 3.04. The zero-order valence-corrected chi connectivity index (χ0v) is 18.5. The first-order valence-corrected chi connectivity index (χ1v) is 10.5. The maximum absolute atomic E-state index is 13.1. The van der Waals surface area contributed by atoms with Gasteiger partial charge in [0.1, 0.15) is 11.5 Å². The standard InChI is InChI=1S/C24H29N3O4/c1-5-26(6-2)13-14-27-21(17-9-11-25-12-10-17)20(23(29)24(27)30)22(28)18-15-16(3)7-8-19(18)31-4/h7-12,15,21,28H,5-6,13-14H2,1-4H3/b22-20+. The first kappa shape index (κ1) is 22.5. The molecule has 2 heterocycles. The number of ether oxygens (including phenoxy) is 1. The van der Waals surface area contributed by atoms with Crippen LogP contribution in [0.4, 0.5) is 0 Å². The molecule has 0 spiro atoms. The molecule has 2 aromatic rings. The van der Waals surface area contributed by atoms with Gasteiger partial charge in [-0.05, 0) is 49.8 Å². The molecule has 3 rings (SSSR count). The zero-order chi connectivity index (χ0) is 22.5. The van der Waals surface area contributed by atoms with Crippen LogP contribution in [-0.2, 0) is 9.59 Å². The summed E-state index contributed by atoms with van der Waals surface area (Å²) >= 11 is 0. The number of methoxy groups -OCH3 is 1. The highest BCUT2D eigenvalue weighted by Gasteiger charge is 2.46. The van der Waals surface area contributed by atoms with Crippen molar-refractivity contribution in [2.75, 3.05) is 33.3 Å². The largest absolute Gasteiger partial charge is 0.507 e. The number of ketones is 1. The Morgan fingerprint density at radius 1 is 1.16 bits per heavy atom. The number of benzene rings is 1. The number of aryl methyl sites for hydroxylation is 1. The summed E-state index contributed by atoms with van der Waals surface area (Å²) in [5.41, 5.74) is 2.09. The van der Waals surface area contributed by atoms with Crippen molar-refractivity contribution in [1.82, 2.24) is 14.8 Å². The van der Waals surface area contributed by atoms with E-state index in [1.165, 1.54) is 7.11 Å². The van der Waals surface area contributed by atoms with Crippen LogP contribution in [0.1, 0.15) is 36.6 Å². The SMILES string of the molecule is CCN(CC)CCN1C(=O)C(=O)/C(=C(/O)c2cc(C)ccc2OC)C1c1ccncc1. The van der Waals surface area contributed by atoms with Crippen LogP contribution in [0.25, 0.3) is 5.76 Å². The zero-order valence-electron chi connectivity index (χ0n) is 18.5. The number of pyridine rings is 1. The van der Waals surface area contributed by atoms with Gasteiger partial charge in [-0.2, -0.15) is 0 Å². The predicted molar refractivity (Wildman–Crippen MR) is 119 cm³/mol. The van der Waals surface area contributed by atoms with Crippen LogP contribution < -0.4 is 4.74 Å². The molecule has 1 aliphatic heterocycles. The van der Waals surface area contributed by atoms with Crippen LogP contribution in [0.15, 0.2) is 48.3 Å². The van der Waals surface area contributed by atoms with E-state index in [1.54, 1.807) is 41.6 Å². The lowest BCUT2D eigenvalue weighted by Gasteiger charge is -2.28. The predicted octanol–water partition coefficient (Wildman–Crippen LogP) is 3.16. The van der Waals surface area contributed by atoms with Crippen LogP contribution in [0, 0.1) is 6.92 Å². The molecule has 31 heavy (non-hydrogen) atoms. The van der Waals surface area contributed by atoms with E-state index in [0.717, 1.165) is 24.2 Å². The summed E-state index contributed by atoms with van der Waals surface area (Å²) in [6.45, 7) is 8.71. The number of amides is 1. The molecule has 0 radical (unpaired) electrons. The summed E-state index contributed by atoms with van der Waals surface area (Å²) in [7, 11) is 1.50. The minimum atomic E-state index is -0.692. The molecule has 7 heteroatoms. The Balaban J connectivity index is 2.14. The molecule has 1 aromatic carbocycles. The van der Waals surface area contributed by atoms with Crippen molar-refractivity contribution in [3.63, 3.8) is 0 Å². The second-order valence-corrected chi connectivity index (χ2v) is 7.50. The number of rotatable bonds is 8. The fourth-order valence-electron chi connectivity index (χ4n) is 3.94. The number of likely N-dealkylation sites (tertiary alicyclic amines) is 1. The highest BCUT2D eigenvalue weighted by molar-refractivity contribution is 6.46. The highest BCUT2D eigenvalue weighted by atomic mass is 16.5. The van der Waals surface area contributed by atoms with Gasteiger partial charge < -0.3 is 19.6 Å². The summed E-state index contributed by atoms with van der Waals surface area (Å²) < 4.78 is 5.40. The van der Waals surface area contributed by atoms with Crippen LogP contribution in [0.2, 0.25) is 0 Å². The molecule has 1 fully saturated rings. The highest BCUT2D eigenvalue weighted by Crippen LogP contribution is 2.40. The molecule has 1 amide bonds. The third kappa shape index (κ3) is 4.46. The molecule has 0 bridgehead atoms. The summed E-state index contributed by atoms with van der Waals surface area (Å²) in [6, 6.07) is 8.19. The second-order valence-electron chi connectivity index (χ2n) is 7.50. The molecule has 0 saturated carbocycles. The van der Waals surface area contributed by atoms with Gasteiger partial charge in [0.15, 0.2) is 0 Å². The summed E-state index contributed by atoms with van der Waals surface area (Å²) in [5.74, 6) is -1.10. The van der Waals surface area contributed by atoms with E-state index in [0.29, 0.717) is 24.4 Å². The molecule has 1 atom stereocenters. The van der Waals surface area contributed by atoms with E-state index < -0.39 is 17.7 Å². The number of hydrogen-bond donors (Lipinski definition) is 1. The summed E-state index contributed by atoms with van der Waals surface area (Å²) in [5, 5.41) is 11.2. The smallest absolute Gasteiger partial charge is 0.295 e. The average molecular weight is 424 g/mol. The van der Waals surface area contributed by atoms with Crippen molar-refractivity contribution in [3.05, 3.63) is 65.0 Å². The fraction of sp³-hybridized carbons (Fsp3) is 0.375. The van der Waals surface area contributed by atoms with Gasteiger partial charge in [-0.25, -0.2) is 0 Å². The lowest BCUT2D eigenvalue weighted by atomic mass is 9.95. The fourth-order valence-corrected chi connectivity index (χ4v) is 3.94. The maximum Gasteiger partial charge on any atom is 0.295 e. The van der Waals surface area contributed by atoms with Crippen LogP contribution in [-0.4, -0.2) is 64.9 Å². The van der Waals surface area contributed by atoms with Gasteiger partial charge >= 0.3 is 0 Å². The minimum absolute atomic E-state index is 0.0691. The van der Waals surface area contributed by atoms with Crippen molar-refractivity contribution < 1.29 is 19.4 Å². The molecular weight excluding hydrogens is 394 g/mol. The number of aliphatic hydroxyl groups excluding tert-OH is 1. The number of Topliss-reactive ketones (excluding diaryl/α,β-unsaturated/α-hetero) is 1. The number of nitrogens with zero attached hydrogens (tertiary/aromatic N) is 3. The normalized spacial score (nSPS) is 18.1. The van der Waals surface area contributed by atoms with E-state index in [1.807, 2.05) is 13.0 Å². The number of aromatic nitrogens is 1. The summed E-state index contributed by atoms with van der Waals surface area (Å²) in [6.07, 6.45) is 3.24. The van der Waals surface area contributed by atoms with Gasteiger partial charge in [0.25, 0.3) is 11.7 Å². The van der Waals surface area contributed by atoms with Crippen LogP contribution >= 0.6 is 0 Å². The maximum atomic E-state index is 13.1. The third-order valence-electron chi connectivity index (χ3n) is 5.72. The molecule has 164 valence electrons. The van der Waals surface area contributed by atoms with Crippen LogP contribution in [0.3, 0.4) is 0 Å².